The van der Waals surface area contributed by atoms with Gasteiger partial charge in [0.1, 0.15) is 10.7 Å². The molecule has 3 N–H and O–H groups in total. The molecule has 0 bridgehead atoms. The molecule has 0 radical (unpaired) electrons. The lowest BCUT2D eigenvalue weighted by Crippen LogP contribution is -2.50. The van der Waals surface area contributed by atoms with Crippen molar-refractivity contribution in [2.75, 3.05) is 19.7 Å². The lowest BCUT2D eigenvalue weighted by Gasteiger charge is -2.38. The lowest BCUT2D eigenvalue weighted by molar-refractivity contribution is -0.134. The summed E-state index contributed by atoms with van der Waals surface area (Å²) in [5.41, 5.74) is 0.524. The second-order valence-corrected chi connectivity index (χ2v) is 10.4. The lowest BCUT2D eigenvalue weighted by atomic mass is 9.77. The van der Waals surface area contributed by atoms with Crippen LogP contribution in [-0.2, 0) is 9.53 Å². The van der Waals surface area contributed by atoms with Crippen molar-refractivity contribution >= 4 is 34.6 Å². The van der Waals surface area contributed by atoms with Gasteiger partial charge in [-0.2, -0.15) is 0 Å². The first-order valence-corrected chi connectivity index (χ1v) is 12.6. The molecule has 3 heterocycles. The summed E-state index contributed by atoms with van der Waals surface area (Å²) < 4.78 is 6.27. The van der Waals surface area contributed by atoms with Crippen LogP contribution in [0.15, 0.2) is 22.9 Å². The number of amides is 1. The minimum absolute atomic E-state index is 0.0662. The van der Waals surface area contributed by atoms with Gasteiger partial charge in [0.05, 0.1) is 17.0 Å². The highest BCUT2D eigenvalue weighted by Crippen LogP contribution is 2.36. The number of rotatable bonds is 6. The van der Waals surface area contributed by atoms with Gasteiger partial charge in [0.15, 0.2) is 0 Å². The van der Waals surface area contributed by atoms with E-state index in [0.29, 0.717) is 17.5 Å². The number of fused-ring (bicyclic) bond motifs is 1. The summed E-state index contributed by atoms with van der Waals surface area (Å²) in [6.45, 7) is 4.08. The number of carbonyl (C=O) groups excluding carboxylic acids is 1. The van der Waals surface area contributed by atoms with Crippen molar-refractivity contribution in [3.63, 3.8) is 0 Å². The van der Waals surface area contributed by atoms with Gasteiger partial charge >= 0.3 is 0 Å². The maximum atomic E-state index is 12.8. The number of hydrogen-bond donors (Lipinski definition) is 3. The predicted octanol–water partition coefficient (Wildman–Crippen LogP) is 3.49. The molecule has 0 spiro atoms. The van der Waals surface area contributed by atoms with Crippen LogP contribution in [-0.4, -0.2) is 53.8 Å². The quantitative estimate of drug-likeness (QED) is 0.606. The molecule has 9 heteroatoms. The molecule has 1 amide bonds. The number of hydrogen-bond acceptors (Lipinski definition) is 7. The number of aliphatic carboxylic acids is 1. The van der Waals surface area contributed by atoms with Crippen LogP contribution < -0.4 is 10.6 Å². The Hall–Kier alpha value is -1.81. The number of thiazole rings is 1. The Morgan fingerprint density at radius 1 is 1.26 bits per heavy atom. The average molecular weight is 464 g/mol. The number of carbonyl (C=O) groups is 2. The van der Waals surface area contributed by atoms with Crippen molar-refractivity contribution in [2.24, 2.45) is 17.8 Å². The molecule has 2 saturated carbocycles. The standard InChI is InChI=1S/C20H25N3O2S2.C2H4O2/c24-19(16-11-27-20(23-16)18-2-1-5-26-18)22-15-6-13-8-21-9-14(13)7-17(15)25-10-12-3-4-12;1-2(3)4/h1-2,5,11-15,17,21H,3-4,6-10H2,(H,22,24);1H3,(H,3,4)/t13-,14+,15-,17-;/m0./s1. The summed E-state index contributed by atoms with van der Waals surface area (Å²) in [7, 11) is 0. The highest BCUT2D eigenvalue weighted by molar-refractivity contribution is 7.20. The fourth-order valence-electron chi connectivity index (χ4n) is 4.29. The van der Waals surface area contributed by atoms with Crippen LogP contribution in [0.5, 0.6) is 0 Å². The van der Waals surface area contributed by atoms with E-state index >= 15 is 0 Å². The van der Waals surface area contributed by atoms with Crippen LogP contribution >= 0.6 is 22.7 Å². The molecule has 3 fully saturated rings. The highest BCUT2D eigenvalue weighted by Gasteiger charge is 2.41. The Morgan fingerprint density at radius 2 is 2.00 bits per heavy atom. The number of aromatic nitrogens is 1. The van der Waals surface area contributed by atoms with E-state index in [-0.39, 0.29) is 18.1 Å². The van der Waals surface area contributed by atoms with Crippen LogP contribution in [0.2, 0.25) is 0 Å². The number of carboxylic acid groups (broad SMARTS) is 1. The summed E-state index contributed by atoms with van der Waals surface area (Å²) in [4.78, 5) is 27.5. The average Bonchev–Trinajstić information content (AvgIpc) is 3.16. The zero-order chi connectivity index (χ0) is 21.8. The Balaban J connectivity index is 0.000000535. The van der Waals surface area contributed by atoms with Crippen LogP contribution in [0.25, 0.3) is 9.88 Å². The van der Waals surface area contributed by atoms with E-state index in [9.17, 15) is 4.79 Å². The SMILES string of the molecule is CC(=O)O.O=C(N[C@H]1C[C@H]2CNC[C@H]2C[C@@H]1OCC1CC1)c1csc(-c2cccs2)n1. The van der Waals surface area contributed by atoms with E-state index in [4.69, 9.17) is 14.6 Å². The summed E-state index contributed by atoms with van der Waals surface area (Å²) in [6, 6.07) is 4.14. The largest absolute Gasteiger partial charge is 0.481 e. The predicted molar refractivity (Wildman–Crippen MR) is 122 cm³/mol. The molecule has 3 aliphatic rings. The van der Waals surface area contributed by atoms with E-state index < -0.39 is 5.97 Å². The Morgan fingerprint density at radius 3 is 2.68 bits per heavy atom. The van der Waals surface area contributed by atoms with Gasteiger partial charge in [-0.25, -0.2) is 4.98 Å². The Bertz CT molecular complexity index is 877. The number of ether oxygens (including phenoxy) is 1. The molecule has 1 aliphatic heterocycles. The minimum Gasteiger partial charge on any atom is -0.481 e. The first kappa shape index (κ1) is 22.4. The van der Waals surface area contributed by atoms with Crippen LogP contribution in [0, 0.1) is 17.8 Å². The van der Waals surface area contributed by atoms with E-state index in [1.54, 1.807) is 11.3 Å². The number of thiophene rings is 1. The maximum Gasteiger partial charge on any atom is 0.300 e. The first-order chi connectivity index (χ1) is 15.0. The van der Waals surface area contributed by atoms with Gasteiger partial charge < -0.3 is 20.5 Å². The number of nitrogens with zero attached hydrogens (tertiary/aromatic N) is 1. The van der Waals surface area contributed by atoms with Gasteiger partial charge in [-0.05, 0) is 68.0 Å². The van der Waals surface area contributed by atoms with Gasteiger partial charge in [0, 0.05) is 18.9 Å². The third-order valence-electron chi connectivity index (χ3n) is 6.05. The zero-order valence-electron chi connectivity index (χ0n) is 17.6. The van der Waals surface area contributed by atoms with Crippen molar-refractivity contribution in [1.82, 2.24) is 15.6 Å². The second kappa shape index (κ2) is 10.2. The Labute approximate surface area is 190 Å². The van der Waals surface area contributed by atoms with Crippen LogP contribution in [0.1, 0.15) is 43.1 Å². The van der Waals surface area contributed by atoms with Crippen molar-refractivity contribution in [2.45, 2.75) is 44.8 Å². The van der Waals surface area contributed by atoms with Gasteiger partial charge in [0.2, 0.25) is 0 Å². The molecule has 1 saturated heterocycles. The molecule has 7 nitrogen and oxygen atoms in total. The van der Waals surface area contributed by atoms with Gasteiger partial charge in [-0.1, -0.05) is 6.07 Å². The molecule has 31 heavy (non-hydrogen) atoms. The zero-order valence-corrected chi connectivity index (χ0v) is 19.2. The third-order valence-corrected chi connectivity index (χ3v) is 7.93. The van der Waals surface area contributed by atoms with Crippen LogP contribution in [0.3, 0.4) is 0 Å². The minimum atomic E-state index is -0.833. The summed E-state index contributed by atoms with van der Waals surface area (Å²) >= 11 is 3.19. The van der Waals surface area contributed by atoms with E-state index in [1.807, 2.05) is 22.9 Å². The molecule has 0 unspecified atom stereocenters. The molecule has 4 atom stereocenters. The smallest absolute Gasteiger partial charge is 0.300 e. The molecular formula is C22H29N3O4S2. The molecule has 2 aliphatic carbocycles. The summed E-state index contributed by atoms with van der Waals surface area (Å²) in [5.74, 6) is 1.18. The normalized spacial score (nSPS) is 27.1. The van der Waals surface area contributed by atoms with Crippen molar-refractivity contribution in [1.29, 1.82) is 0 Å². The van der Waals surface area contributed by atoms with Crippen LogP contribution in [0.4, 0.5) is 0 Å². The molecular weight excluding hydrogens is 434 g/mol. The molecule has 0 aromatic carbocycles. The second-order valence-electron chi connectivity index (χ2n) is 8.58. The maximum absolute atomic E-state index is 12.8. The highest BCUT2D eigenvalue weighted by atomic mass is 32.1. The van der Waals surface area contributed by atoms with Gasteiger partial charge in [0.25, 0.3) is 11.9 Å². The number of nitrogens with one attached hydrogen (secondary N) is 2. The van der Waals surface area contributed by atoms with Crippen molar-refractivity contribution < 1.29 is 19.4 Å². The van der Waals surface area contributed by atoms with Gasteiger partial charge in [-0.3, -0.25) is 9.59 Å². The van der Waals surface area contributed by atoms with Crippen molar-refractivity contribution in [3.05, 3.63) is 28.6 Å². The topological polar surface area (TPSA) is 101 Å². The number of carboxylic acids is 1. The Kier molecular flexibility index (Phi) is 7.37. The fourth-order valence-corrected chi connectivity index (χ4v) is 5.91. The van der Waals surface area contributed by atoms with Gasteiger partial charge in [-0.15, -0.1) is 22.7 Å². The van der Waals surface area contributed by atoms with E-state index in [0.717, 1.165) is 55.3 Å². The third kappa shape index (κ3) is 6.12. The molecule has 2 aromatic heterocycles. The van der Waals surface area contributed by atoms with E-state index in [1.165, 1.54) is 24.2 Å². The molecule has 168 valence electrons. The first-order valence-electron chi connectivity index (χ1n) is 10.8. The fraction of sp³-hybridized carbons (Fsp3) is 0.591. The summed E-state index contributed by atoms with van der Waals surface area (Å²) in [5, 5.41) is 19.0. The molecule has 5 rings (SSSR count). The monoisotopic (exact) mass is 463 g/mol. The summed E-state index contributed by atoms with van der Waals surface area (Å²) in [6.07, 6.45) is 4.77. The van der Waals surface area contributed by atoms with Crippen molar-refractivity contribution in [3.8, 4) is 9.88 Å². The van der Waals surface area contributed by atoms with E-state index in [2.05, 4.69) is 15.6 Å². The molecule has 2 aromatic rings.